The van der Waals surface area contributed by atoms with Crippen molar-refractivity contribution in [2.24, 2.45) is 10.4 Å². The van der Waals surface area contributed by atoms with Crippen LogP contribution in [0.3, 0.4) is 0 Å². The molecule has 25 heavy (non-hydrogen) atoms. The van der Waals surface area contributed by atoms with Crippen LogP contribution in [-0.4, -0.2) is 37.6 Å². The van der Waals surface area contributed by atoms with E-state index in [9.17, 15) is 13.2 Å². The van der Waals surface area contributed by atoms with Crippen LogP contribution in [0.1, 0.15) is 31.2 Å². The minimum Gasteiger partial charge on any atom is -0.434 e. The van der Waals surface area contributed by atoms with Crippen LogP contribution in [0.4, 0.5) is 13.2 Å². The first-order chi connectivity index (χ1) is 11.5. The fraction of sp³-hybridized carbons (Fsp3) is 0.588. The van der Waals surface area contributed by atoms with E-state index in [4.69, 9.17) is 0 Å². The Morgan fingerprint density at radius 2 is 2.12 bits per heavy atom. The molecule has 8 heteroatoms. The molecule has 1 aromatic rings. The van der Waals surface area contributed by atoms with E-state index < -0.39 is 12.4 Å². The molecule has 0 unspecified atom stereocenters. The molecule has 0 bridgehead atoms. The number of rotatable bonds is 4. The second kappa shape index (κ2) is 8.46. The van der Waals surface area contributed by atoms with Crippen LogP contribution < -0.4 is 10.1 Å². The second-order valence-corrected chi connectivity index (χ2v) is 6.52. The normalized spacial score (nSPS) is 18.9. The molecule has 0 atom stereocenters. The summed E-state index contributed by atoms with van der Waals surface area (Å²) in [6.45, 7) is -1.08. The van der Waals surface area contributed by atoms with E-state index in [1.54, 1.807) is 7.05 Å². The van der Waals surface area contributed by atoms with Gasteiger partial charge in [-0.15, -0.1) is 24.0 Å². The Hall–Kier alpha value is -1.19. The van der Waals surface area contributed by atoms with E-state index in [0.717, 1.165) is 19.5 Å². The predicted molar refractivity (Wildman–Crippen MR) is 101 cm³/mol. The van der Waals surface area contributed by atoms with Crippen molar-refractivity contribution in [1.29, 1.82) is 0 Å². The molecule has 1 N–H and O–H groups in total. The Bertz CT molecular complexity index is 623. The Morgan fingerprint density at radius 1 is 1.36 bits per heavy atom. The van der Waals surface area contributed by atoms with Crippen molar-refractivity contribution in [1.82, 2.24) is 10.2 Å². The van der Waals surface area contributed by atoms with Gasteiger partial charge in [-0.05, 0) is 36.8 Å². The van der Waals surface area contributed by atoms with Crippen LogP contribution in [-0.2, 0) is 6.54 Å². The molecule has 1 spiro atoms. The van der Waals surface area contributed by atoms with E-state index in [-0.39, 0.29) is 41.8 Å². The Balaban J connectivity index is 0.00000225. The van der Waals surface area contributed by atoms with E-state index in [1.165, 1.54) is 37.5 Å². The molecule has 1 saturated heterocycles. The molecule has 4 nitrogen and oxygen atoms in total. The van der Waals surface area contributed by atoms with E-state index in [0.29, 0.717) is 11.4 Å². The van der Waals surface area contributed by atoms with Crippen LogP contribution in [0.25, 0.3) is 0 Å². The molecular weight excluding hydrogens is 446 g/mol. The van der Waals surface area contributed by atoms with Crippen molar-refractivity contribution < 1.29 is 17.9 Å². The van der Waals surface area contributed by atoms with Crippen molar-refractivity contribution >= 4 is 29.9 Å². The average Bonchev–Trinajstić information content (AvgIpc) is 2.95. The number of benzene rings is 1. The quantitative estimate of drug-likeness (QED) is 0.412. The van der Waals surface area contributed by atoms with Gasteiger partial charge in [-0.1, -0.05) is 12.5 Å². The first-order valence-electron chi connectivity index (χ1n) is 8.21. The fourth-order valence-electron chi connectivity index (χ4n) is 3.62. The van der Waals surface area contributed by atoms with Crippen molar-refractivity contribution in [3.8, 4) is 5.75 Å². The second-order valence-electron chi connectivity index (χ2n) is 6.52. The molecule has 1 aliphatic heterocycles. The van der Waals surface area contributed by atoms with Gasteiger partial charge in [0.1, 0.15) is 11.6 Å². The molecule has 1 saturated carbocycles. The zero-order valence-electron chi connectivity index (χ0n) is 14.1. The summed E-state index contributed by atoms with van der Waals surface area (Å²) in [6, 6.07) is 3.93. The predicted octanol–water partition coefficient (Wildman–Crippen LogP) is 4.00. The number of hydrogen-bond acceptors (Lipinski definition) is 2. The number of hydrogen-bond donors (Lipinski definition) is 1. The number of alkyl halides is 2. The van der Waals surface area contributed by atoms with Crippen LogP contribution in [0.2, 0.25) is 0 Å². The van der Waals surface area contributed by atoms with Gasteiger partial charge in [-0.3, -0.25) is 4.99 Å². The highest BCUT2D eigenvalue weighted by Gasteiger charge is 2.43. The van der Waals surface area contributed by atoms with Crippen LogP contribution in [0.5, 0.6) is 5.75 Å². The summed E-state index contributed by atoms with van der Waals surface area (Å²) >= 11 is 0. The first-order valence-corrected chi connectivity index (χ1v) is 8.21. The van der Waals surface area contributed by atoms with E-state index >= 15 is 0 Å². The highest BCUT2D eigenvalue weighted by Crippen LogP contribution is 2.47. The largest absolute Gasteiger partial charge is 0.434 e. The lowest BCUT2D eigenvalue weighted by Gasteiger charge is -2.38. The third-order valence-corrected chi connectivity index (χ3v) is 5.08. The monoisotopic (exact) mass is 469 g/mol. The molecule has 1 aliphatic carbocycles. The molecule has 140 valence electrons. The maximum absolute atomic E-state index is 14.0. The lowest BCUT2D eigenvalue weighted by molar-refractivity contribution is -0.0506. The van der Waals surface area contributed by atoms with Gasteiger partial charge in [0.05, 0.1) is 0 Å². The smallest absolute Gasteiger partial charge is 0.387 e. The number of nitrogens with one attached hydrogen (secondary N) is 1. The third-order valence-electron chi connectivity index (χ3n) is 5.08. The topological polar surface area (TPSA) is 36.9 Å². The highest BCUT2D eigenvalue weighted by molar-refractivity contribution is 14.0. The SMILES string of the molecule is CN=C(NCc1c(F)cccc1OC(F)F)N1CCC2(CCC2)C1.I. The van der Waals surface area contributed by atoms with Gasteiger partial charge in [-0.25, -0.2) is 4.39 Å². The van der Waals surface area contributed by atoms with Crippen molar-refractivity contribution in [3.05, 3.63) is 29.6 Å². The Morgan fingerprint density at radius 3 is 2.68 bits per heavy atom. The van der Waals surface area contributed by atoms with Crippen LogP contribution in [0.15, 0.2) is 23.2 Å². The average molecular weight is 469 g/mol. The Labute approximate surface area is 162 Å². The van der Waals surface area contributed by atoms with Crippen molar-refractivity contribution in [2.45, 2.75) is 38.8 Å². The zero-order valence-corrected chi connectivity index (χ0v) is 16.4. The molecule has 1 heterocycles. The highest BCUT2D eigenvalue weighted by atomic mass is 127. The van der Waals surface area contributed by atoms with E-state index in [2.05, 4.69) is 19.9 Å². The molecule has 0 radical (unpaired) electrons. The minimum absolute atomic E-state index is 0. The number of likely N-dealkylation sites (tertiary alicyclic amines) is 1. The summed E-state index contributed by atoms with van der Waals surface area (Å²) in [4.78, 5) is 6.41. The summed E-state index contributed by atoms with van der Waals surface area (Å²) in [5, 5.41) is 3.08. The summed E-state index contributed by atoms with van der Waals surface area (Å²) in [5.41, 5.74) is 0.496. The molecule has 2 aliphatic rings. The first kappa shape index (κ1) is 20.1. The number of nitrogens with zero attached hydrogens (tertiary/aromatic N) is 2. The molecule has 1 aromatic carbocycles. The molecule has 2 fully saturated rings. The Kier molecular flexibility index (Phi) is 6.81. The van der Waals surface area contributed by atoms with Gasteiger partial charge in [0.25, 0.3) is 0 Å². The fourth-order valence-corrected chi connectivity index (χ4v) is 3.62. The number of halogens is 4. The van der Waals surface area contributed by atoms with Crippen molar-refractivity contribution in [3.63, 3.8) is 0 Å². The van der Waals surface area contributed by atoms with Gasteiger partial charge in [0, 0.05) is 32.2 Å². The van der Waals surface area contributed by atoms with Crippen molar-refractivity contribution in [2.75, 3.05) is 20.1 Å². The van der Waals surface area contributed by atoms with Gasteiger partial charge >= 0.3 is 6.61 Å². The molecular formula is C17H23F3IN3O. The maximum Gasteiger partial charge on any atom is 0.387 e. The number of aliphatic imine (C=N–C) groups is 1. The molecule has 3 rings (SSSR count). The maximum atomic E-state index is 14.0. The van der Waals surface area contributed by atoms with Gasteiger partial charge in [0.2, 0.25) is 0 Å². The summed E-state index contributed by atoms with van der Waals surface area (Å²) in [7, 11) is 1.67. The van der Waals surface area contributed by atoms with Crippen LogP contribution in [0, 0.1) is 11.2 Å². The summed E-state index contributed by atoms with van der Waals surface area (Å²) in [6.07, 6.45) is 4.93. The van der Waals surface area contributed by atoms with Gasteiger partial charge in [-0.2, -0.15) is 8.78 Å². The molecule has 0 aromatic heterocycles. The van der Waals surface area contributed by atoms with Crippen LogP contribution >= 0.6 is 24.0 Å². The summed E-state index contributed by atoms with van der Waals surface area (Å²) < 4.78 is 43.4. The molecule has 0 amide bonds. The van der Waals surface area contributed by atoms with E-state index in [1.807, 2.05) is 0 Å². The van der Waals surface area contributed by atoms with Gasteiger partial charge in [0.15, 0.2) is 5.96 Å². The zero-order chi connectivity index (χ0) is 17.2. The third kappa shape index (κ3) is 4.51. The number of ether oxygens (including phenoxy) is 1. The minimum atomic E-state index is -2.98. The lowest BCUT2D eigenvalue weighted by atomic mass is 9.68. The summed E-state index contributed by atoms with van der Waals surface area (Å²) in [5.74, 6) is -0.0529. The lowest BCUT2D eigenvalue weighted by Crippen LogP contribution is -2.42. The standard InChI is InChI=1S/C17H22F3N3O.HI/c1-21-16(23-9-8-17(11-23)6-3-7-17)22-10-12-13(18)4-2-5-14(12)24-15(19)20;/h2,4-5,15H,3,6-11H2,1H3,(H,21,22);1H. The van der Waals surface area contributed by atoms with Gasteiger partial charge < -0.3 is 15.0 Å². The number of guanidine groups is 1.